The summed E-state index contributed by atoms with van der Waals surface area (Å²) in [6.07, 6.45) is 4.46. The van der Waals surface area contributed by atoms with Crippen molar-refractivity contribution in [2.24, 2.45) is 17.8 Å². The van der Waals surface area contributed by atoms with Crippen LogP contribution in [-0.4, -0.2) is 11.2 Å². The first-order chi connectivity index (χ1) is 7.65. The molecule has 2 heteroatoms. The standard InChI is InChI=1S/C14H22OS/c1-10-6-11(2)8-12(7-10)14(15)9-13-4-3-5-16-13/h3-5,10-12,14-15H,6-9H2,1-2H3. The molecule has 0 aromatic carbocycles. The number of rotatable bonds is 3. The Bertz CT molecular complexity index is 297. The van der Waals surface area contributed by atoms with Gasteiger partial charge in [0.15, 0.2) is 0 Å². The largest absolute Gasteiger partial charge is 0.392 e. The van der Waals surface area contributed by atoms with Gasteiger partial charge in [-0.05, 0) is 48.5 Å². The van der Waals surface area contributed by atoms with Crippen molar-refractivity contribution in [2.75, 3.05) is 0 Å². The third-order valence-electron chi connectivity index (χ3n) is 3.75. The molecular weight excluding hydrogens is 216 g/mol. The lowest BCUT2D eigenvalue weighted by Crippen LogP contribution is -2.30. The lowest BCUT2D eigenvalue weighted by atomic mass is 9.74. The summed E-state index contributed by atoms with van der Waals surface area (Å²) in [4.78, 5) is 1.32. The maximum absolute atomic E-state index is 10.3. The van der Waals surface area contributed by atoms with E-state index in [2.05, 4.69) is 31.4 Å². The van der Waals surface area contributed by atoms with Crippen molar-refractivity contribution in [3.05, 3.63) is 22.4 Å². The molecule has 1 aliphatic carbocycles. The van der Waals surface area contributed by atoms with Gasteiger partial charge in [0.2, 0.25) is 0 Å². The van der Waals surface area contributed by atoms with Crippen LogP contribution in [0, 0.1) is 17.8 Å². The Morgan fingerprint density at radius 2 is 2.00 bits per heavy atom. The van der Waals surface area contributed by atoms with Gasteiger partial charge < -0.3 is 5.11 Å². The van der Waals surface area contributed by atoms with Crippen LogP contribution in [0.4, 0.5) is 0 Å². The SMILES string of the molecule is CC1CC(C)CC(C(O)Cc2cccs2)C1. The maximum atomic E-state index is 10.3. The van der Waals surface area contributed by atoms with Gasteiger partial charge in [-0.1, -0.05) is 19.9 Å². The van der Waals surface area contributed by atoms with Crippen LogP contribution in [0.2, 0.25) is 0 Å². The fourth-order valence-electron chi connectivity index (χ4n) is 3.12. The first kappa shape index (κ1) is 12.1. The Kier molecular flexibility index (Phi) is 4.04. The molecule has 1 N–H and O–H groups in total. The molecule has 1 heterocycles. The van der Waals surface area contributed by atoms with E-state index in [0.29, 0.717) is 5.92 Å². The lowest BCUT2D eigenvalue weighted by molar-refractivity contribution is 0.0567. The summed E-state index contributed by atoms with van der Waals surface area (Å²) in [6.45, 7) is 4.64. The first-order valence-electron chi connectivity index (χ1n) is 6.35. The van der Waals surface area contributed by atoms with E-state index in [1.165, 1.54) is 24.1 Å². The van der Waals surface area contributed by atoms with Gasteiger partial charge in [-0.15, -0.1) is 11.3 Å². The van der Waals surface area contributed by atoms with Gasteiger partial charge in [0.1, 0.15) is 0 Å². The van der Waals surface area contributed by atoms with Crippen LogP contribution in [0.15, 0.2) is 17.5 Å². The minimum absolute atomic E-state index is 0.135. The van der Waals surface area contributed by atoms with Crippen LogP contribution in [0.3, 0.4) is 0 Å². The van der Waals surface area contributed by atoms with Crippen molar-refractivity contribution < 1.29 is 5.11 Å². The second kappa shape index (κ2) is 5.33. The molecule has 1 aromatic heterocycles. The molecule has 0 saturated heterocycles. The van der Waals surface area contributed by atoms with Gasteiger partial charge in [-0.25, -0.2) is 0 Å². The molecule has 3 atom stereocenters. The summed E-state index contributed by atoms with van der Waals surface area (Å²) < 4.78 is 0. The zero-order valence-electron chi connectivity index (χ0n) is 10.2. The monoisotopic (exact) mass is 238 g/mol. The molecule has 90 valence electrons. The molecular formula is C14H22OS. The lowest BCUT2D eigenvalue weighted by Gasteiger charge is -2.34. The number of thiophene rings is 1. The zero-order valence-corrected chi connectivity index (χ0v) is 11.0. The molecule has 1 saturated carbocycles. The van der Waals surface area contributed by atoms with Crippen LogP contribution in [-0.2, 0) is 6.42 Å². The van der Waals surface area contributed by atoms with E-state index < -0.39 is 0 Å². The molecule has 16 heavy (non-hydrogen) atoms. The van der Waals surface area contributed by atoms with Crippen molar-refractivity contribution in [1.82, 2.24) is 0 Å². The summed E-state index contributed by atoms with van der Waals surface area (Å²) in [5.41, 5.74) is 0. The Hall–Kier alpha value is -0.340. The predicted molar refractivity (Wildman–Crippen MR) is 69.7 cm³/mol. The van der Waals surface area contributed by atoms with Crippen LogP contribution < -0.4 is 0 Å². The average Bonchev–Trinajstić information content (AvgIpc) is 2.68. The summed E-state index contributed by atoms with van der Waals surface area (Å²) in [6, 6.07) is 4.20. The van der Waals surface area contributed by atoms with Gasteiger partial charge >= 0.3 is 0 Å². The fourth-order valence-corrected chi connectivity index (χ4v) is 3.88. The summed E-state index contributed by atoms with van der Waals surface area (Å²) in [5, 5.41) is 12.4. The molecule has 1 nitrogen and oxygen atoms in total. The van der Waals surface area contributed by atoms with Gasteiger partial charge in [-0.3, -0.25) is 0 Å². The Balaban J connectivity index is 1.91. The van der Waals surface area contributed by atoms with E-state index >= 15 is 0 Å². The van der Waals surface area contributed by atoms with Crippen molar-refractivity contribution in [2.45, 2.75) is 45.6 Å². The molecule has 2 rings (SSSR count). The number of hydrogen-bond acceptors (Lipinski definition) is 2. The third-order valence-corrected chi connectivity index (χ3v) is 4.65. The zero-order chi connectivity index (χ0) is 11.5. The number of aliphatic hydroxyl groups is 1. The molecule has 1 aliphatic rings. The molecule has 0 spiro atoms. The number of hydrogen-bond donors (Lipinski definition) is 1. The normalized spacial score (nSPS) is 32.6. The molecule has 0 aliphatic heterocycles. The third kappa shape index (κ3) is 3.08. The highest BCUT2D eigenvalue weighted by Gasteiger charge is 2.29. The highest BCUT2D eigenvalue weighted by atomic mass is 32.1. The smallest absolute Gasteiger partial charge is 0.0616 e. The van der Waals surface area contributed by atoms with Crippen LogP contribution >= 0.6 is 11.3 Å². The highest BCUT2D eigenvalue weighted by molar-refractivity contribution is 7.09. The summed E-state index contributed by atoms with van der Waals surface area (Å²) in [7, 11) is 0. The van der Waals surface area contributed by atoms with E-state index in [-0.39, 0.29) is 6.10 Å². The first-order valence-corrected chi connectivity index (χ1v) is 7.23. The maximum Gasteiger partial charge on any atom is 0.0616 e. The summed E-state index contributed by atoms with van der Waals surface area (Å²) in [5.74, 6) is 2.08. The van der Waals surface area contributed by atoms with Crippen molar-refractivity contribution in [3.63, 3.8) is 0 Å². The van der Waals surface area contributed by atoms with Crippen molar-refractivity contribution >= 4 is 11.3 Å². The van der Waals surface area contributed by atoms with Gasteiger partial charge in [-0.2, -0.15) is 0 Å². The molecule has 3 unspecified atom stereocenters. The summed E-state index contributed by atoms with van der Waals surface area (Å²) >= 11 is 1.76. The van der Waals surface area contributed by atoms with E-state index in [1.54, 1.807) is 11.3 Å². The fraction of sp³-hybridized carbons (Fsp3) is 0.714. The van der Waals surface area contributed by atoms with E-state index in [1.807, 2.05) is 0 Å². The number of aliphatic hydroxyl groups excluding tert-OH is 1. The van der Waals surface area contributed by atoms with Gasteiger partial charge in [0, 0.05) is 11.3 Å². The quantitative estimate of drug-likeness (QED) is 0.851. The van der Waals surface area contributed by atoms with E-state index in [4.69, 9.17) is 0 Å². The van der Waals surface area contributed by atoms with E-state index in [9.17, 15) is 5.11 Å². The van der Waals surface area contributed by atoms with Crippen LogP contribution in [0.1, 0.15) is 38.0 Å². The van der Waals surface area contributed by atoms with Gasteiger partial charge in [0.05, 0.1) is 6.10 Å². The highest BCUT2D eigenvalue weighted by Crippen LogP contribution is 2.35. The van der Waals surface area contributed by atoms with Crippen LogP contribution in [0.25, 0.3) is 0 Å². The molecule has 0 radical (unpaired) electrons. The van der Waals surface area contributed by atoms with E-state index in [0.717, 1.165) is 18.3 Å². The molecule has 0 amide bonds. The van der Waals surface area contributed by atoms with Crippen molar-refractivity contribution in [3.8, 4) is 0 Å². The Labute approximate surface area is 103 Å². The van der Waals surface area contributed by atoms with Crippen molar-refractivity contribution in [1.29, 1.82) is 0 Å². The Morgan fingerprint density at radius 3 is 2.56 bits per heavy atom. The predicted octanol–water partition coefficient (Wildman–Crippen LogP) is 3.72. The van der Waals surface area contributed by atoms with Crippen LogP contribution in [0.5, 0.6) is 0 Å². The average molecular weight is 238 g/mol. The molecule has 1 fully saturated rings. The van der Waals surface area contributed by atoms with Gasteiger partial charge in [0.25, 0.3) is 0 Å². The molecule has 1 aromatic rings. The minimum Gasteiger partial charge on any atom is -0.392 e. The molecule has 0 bridgehead atoms. The Morgan fingerprint density at radius 1 is 1.31 bits per heavy atom. The second-order valence-corrected chi connectivity index (χ2v) is 6.56. The second-order valence-electron chi connectivity index (χ2n) is 5.53. The topological polar surface area (TPSA) is 20.2 Å². The minimum atomic E-state index is -0.135.